The standard InChI is InChI=1S/C22H21N5O4S/c28-22(23-13-12-21-26-25-20-5-1-2-14-27(20)21)11-8-17-6-9-19(10-7-17)32(29,30)24-16-18-4-3-15-31-18/h1-11,14-15,24H,12-13,16H2,(H,23,28)/b11-8+. The summed E-state index contributed by atoms with van der Waals surface area (Å²) in [6.07, 6.45) is 6.93. The minimum atomic E-state index is -3.66. The van der Waals surface area contributed by atoms with Gasteiger partial charge in [-0.15, -0.1) is 10.2 Å². The van der Waals surface area contributed by atoms with Gasteiger partial charge in [0.25, 0.3) is 0 Å². The van der Waals surface area contributed by atoms with E-state index in [0.717, 1.165) is 11.5 Å². The fraction of sp³-hybridized carbons (Fsp3) is 0.136. The van der Waals surface area contributed by atoms with Crippen molar-refractivity contribution in [3.8, 4) is 0 Å². The number of furan rings is 1. The van der Waals surface area contributed by atoms with Crippen LogP contribution in [0.4, 0.5) is 0 Å². The molecule has 32 heavy (non-hydrogen) atoms. The number of hydrogen-bond donors (Lipinski definition) is 2. The van der Waals surface area contributed by atoms with Crippen LogP contribution in [-0.2, 0) is 27.8 Å². The van der Waals surface area contributed by atoms with Crippen molar-refractivity contribution in [1.29, 1.82) is 0 Å². The second-order valence-corrected chi connectivity index (χ2v) is 8.66. The molecule has 4 rings (SSSR count). The van der Waals surface area contributed by atoms with Gasteiger partial charge in [0.2, 0.25) is 15.9 Å². The third-order valence-electron chi connectivity index (χ3n) is 4.67. The summed E-state index contributed by atoms with van der Waals surface area (Å²) in [5, 5.41) is 11.0. The lowest BCUT2D eigenvalue weighted by molar-refractivity contribution is -0.116. The molecule has 3 aromatic heterocycles. The zero-order chi connectivity index (χ0) is 22.4. The zero-order valence-electron chi connectivity index (χ0n) is 17.0. The molecule has 10 heteroatoms. The quantitative estimate of drug-likeness (QED) is 0.377. The lowest BCUT2D eigenvalue weighted by atomic mass is 10.2. The highest BCUT2D eigenvalue weighted by molar-refractivity contribution is 7.89. The predicted molar refractivity (Wildman–Crippen MR) is 118 cm³/mol. The molecule has 1 aromatic carbocycles. The van der Waals surface area contributed by atoms with Gasteiger partial charge in [0.15, 0.2) is 5.65 Å². The molecule has 0 aliphatic carbocycles. The van der Waals surface area contributed by atoms with Crippen molar-refractivity contribution in [3.05, 3.63) is 90.3 Å². The first-order valence-corrected chi connectivity index (χ1v) is 11.4. The molecular formula is C22H21N5O4S. The molecule has 164 valence electrons. The van der Waals surface area contributed by atoms with Crippen LogP contribution in [0.3, 0.4) is 0 Å². The van der Waals surface area contributed by atoms with E-state index in [0.29, 0.717) is 24.3 Å². The molecule has 2 N–H and O–H groups in total. The monoisotopic (exact) mass is 451 g/mol. The highest BCUT2D eigenvalue weighted by Crippen LogP contribution is 2.12. The molecule has 0 saturated carbocycles. The lowest BCUT2D eigenvalue weighted by Crippen LogP contribution is -2.24. The first-order chi connectivity index (χ1) is 15.5. The molecule has 9 nitrogen and oxygen atoms in total. The normalized spacial score (nSPS) is 11.9. The van der Waals surface area contributed by atoms with Crippen LogP contribution < -0.4 is 10.0 Å². The summed E-state index contributed by atoms with van der Waals surface area (Å²) in [7, 11) is -3.66. The molecule has 3 heterocycles. The Hall–Kier alpha value is -3.76. The number of amides is 1. The molecule has 0 bridgehead atoms. The average Bonchev–Trinajstić information content (AvgIpc) is 3.47. The van der Waals surface area contributed by atoms with E-state index >= 15 is 0 Å². The fourth-order valence-corrected chi connectivity index (χ4v) is 4.00. The summed E-state index contributed by atoms with van der Waals surface area (Å²) in [4.78, 5) is 12.2. The van der Waals surface area contributed by atoms with E-state index < -0.39 is 10.0 Å². The Balaban J connectivity index is 1.27. The molecular weight excluding hydrogens is 430 g/mol. The Bertz CT molecular complexity index is 1330. The summed E-state index contributed by atoms with van der Waals surface area (Å²) >= 11 is 0. The molecule has 0 spiro atoms. The third-order valence-corrected chi connectivity index (χ3v) is 6.08. The molecule has 0 radical (unpaired) electrons. The van der Waals surface area contributed by atoms with E-state index in [-0.39, 0.29) is 17.3 Å². The van der Waals surface area contributed by atoms with Crippen LogP contribution in [0.25, 0.3) is 11.7 Å². The van der Waals surface area contributed by atoms with Gasteiger partial charge in [-0.05, 0) is 48.0 Å². The van der Waals surface area contributed by atoms with E-state index in [4.69, 9.17) is 4.42 Å². The van der Waals surface area contributed by atoms with Crippen LogP contribution in [0, 0.1) is 0 Å². The van der Waals surface area contributed by atoms with Crippen LogP contribution >= 0.6 is 0 Å². The van der Waals surface area contributed by atoms with E-state index in [1.165, 1.54) is 24.5 Å². The number of rotatable bonds is 9. The number of aromatic nitrogens is 3. The van der Waals surface area contributed by atoms with Crippen molar-refractivity contribution < 1.29 is 17.6 Å². The van der Waals surface area contributed by atoms with E-state index in [2.05, 4.69) is 20.2 Å². The Morgan fingerprint density at radius 3 is 2.69 bits per heavy atom. The molecule has 0 fully saturated rings. The van der Waals surface area contributed by atoms with Gasteiger partial charge < -0.3 is 9.73 Å². The number of fused-ring (bicyclic) bond motifs is 1. The molecule has 0 aliphatic heterocycles. The number of pyridine rings is 1. The average molecular weight is 452 g/mol. The van der Waals surface area contributed by atoms with Crippen LogP contribution in [0.5, 0.6) is 0 Å². The molecule has 0 atom stereocenters. The number of benzene rings is 1. The fourth-order valence-electron chi connectivity index (χ4n) is 3.01. The maximum Gasteiger partial charge on any atom is 0.244 e. The highest BCUT2D eigenvalue weighted by Gasteiger charge is 2.14. The second-order valence-electron chi connectivity index (χ2n) is 6.89. The van der Waals surface area contributed by atoms with Gasteiger partial charge in [-0.25, -0.2) is 13.1 Å². The highest BCUT2D eigenvalue weighted by atomic mass is 32.2. The minimum absolute atomic E-state index is 0.0712. The molecule has 4 aromatic rings. The summed E-state index contributed by atoms with van der Waals surface area (Å²) in [5.41, 5.74) is 1.46. The van der Waals surface area contributed by atoms with Crippen molar-refractivity contribution in [2.75, 3.05) is 6.54 Å². The predicted octanol–water partition coefficient (Wildman–Crippen LogP) is 2.17. The maximum atomic E-state index is 12.4. The molecule has 0 unspecified atom stereocenters. The third kappa shape index (κ3) is 5.29. The second kappa shape index (κ2) is 9.58. The largest absolute Gasteiger partial charge is 0.468 e. The van der Waals surface area contributed by atoms with E-state index in [9.17, 15) is 13.2 Å². The van der Waals surface area contributed by atoms with Crippen LogP contribution in [-0.4, -0.2) is 35.5 Å². The van der Waals surface area contributed by atoms with Gasteiger partial charge in [0.1, 0.15) is 11.6 Å². The lowest BCUT2D eigenvalue weighted by Gasteiger charge is -2.05. The van der Waals surface area contributed by atoms with Gasteiger partial charge in [-0.2, -0.15) is 0 Å². The Morgan fingerprint density at radius 2 is 1.91 bits per heavy atom. The Labute approximate surface area is 184 Å². The maximum absolute atomic E-state index is 12.4. The molecule has 1 amide bonds. The van der Waals surface area contributed by atoms with Crippen molar-refractivity contribution in [2.24, 2.45) is 0 Å². The number of sulfonamides is 1. The van der Waals surface area contributed by atoms with Crippen molar-refractivity contribution in [2.45, 2.75) is 17.9 Å². The molecule has 0 aliphatic rings. The smallest absolute Gasteiger partial charge is 0.244 e. The Kier molecular flexibility index (Phi) is 6.43. The summed E-state index contributed by atoms with van der Waals surface area (Å²) in [6.45, 7) is 0.485. The number of carbonyl (C=O) groups is 1. The first kappa shape index (κ1) is 21.5. The zero-order valence-corrected chi connectivity index (χ0v) is 17.8. The topological polar surface area (TPSA) is 119 Å². The summed E-state index contributed by atoms with van der Waals surface area (Å²) in [5.74, 6) is 1.04. The van der Waals surface area contributed by atoms with Crippen LogP contribution in [0.1, 0.15) is 17.1 Å². The van der Waals surface area contributed by atoms with Gasteiger partial charge in [-0.1, -0.05) is 18.2 Å². The van der Waals surface area contributed by atoms with Gasteiger partial charge in [-0.3, -0.25) is 9.20 Å². The summed E-state index contributed by atoms with van der Waals surface area (Å²) in [6, 6.07) is 15.3. The number of nitrogens with zero attached hydrogens (tertiary/aromatic N) is 3. The van der Waals surface area contributed by atoms with Gasteiger partial charge in [0, 0.05) is 25.2 Å². The number of carbonyl (C=O) groups excluding carboxylic acids is 1. The minimum Gasteiger partial charge on any atom is -0.468 e. The van der Waals surface area contributed by atoms with Crippen molar-refractivity contribution >= 4 is 27.7 Å². The number of nitrogens with one attached hydrogen (secondary N) is 2. The summed E-state index contributed by atoms with van der Waals surface area (Å²) < 4.78 is 34.2. The first-order valence-electron chi connectivity index (χ1n) is 9.88. The van der Waals surface area contributed by atoms with Crippen LogP contribution in [0.15, 0.2) is 82.4 Å². The SMILES string of the molecule is O=C(/C=C/c1ccc(S(=O)(=O)NCc2ccco2)cc1)NCCc1nnc2ccccn12. The van der Waals surface area contributed by atoms with Crippen LogP contribution in [0.2, 0.25) is 0 Å². The van der Waals surface area contributed by atoms with E-state index in [1.807, 2.05) is 28.8 Å². The van der Waals surface area contributed by atoms with Crippen molar-refractivity contribution in [3.63, 3.8) is 0 Å². The van der Waals surface area contributed by atoms with Gasteiger partial charge >= 0.3 is 0 Å². The Morgan fingerprint density at radius 1 is 1.06 bits per heavy atom. The van der Waals surface area contributed by atoms with Crippen molar-refractivity contribution in [1.82, 2.24) is 24.6 Å². The van der Waals surface area contributed by atoms with E-state index in [1.54, 1.807) is 30.3 Å². The molecule has 0 saturated heterocycles. The van der Waals surface area contributed by atoms with Gasteiger partial charge in [0.05, 0.1) is 17.7 Å². The number of hydrogen-bond acceptors (Lipinski definition) is 6.